The van der Waals surface area contributed by atoms with Gasteiger partial charge in [0.05, 0.1) is 43.1 Å². The Kier molecular flexibility index (Phi) is 11.7. The van der Waals surface area contributed by atoms with Gasteiger partial charge in [0.1, 0.15) is 23.7 Å². The Morgan fingerprint density at radius 1 is 0.653 bits per heavy atom. The number of carbonyl (C=O) groups is 5. The smallest absolute Gasteiger partial charge is 0.463 e. The number of hydrogen-bond donors (Lipinski definition) is 0. The third kappa shape index (κ3) is 9.52. The number of carbonyl (C=O) groups excluding carboxylic acids is 5. The van der Waals surface area contributed by atoms with Crippen LogP contribution in [0.15, 0.2) is 85.5 Å². The Balaban J connectivity index is 1.03. The summed E-state index contributed by atoms with van der Waals surface area (Å²) in [6, 6.07) is 18.5. The molecule has 0 saturated carbocycles. The molecule has 3 aromatic rings. The van der Waals surface area contributed by atoms with E-state index in [1.165, 1.54) is 48.5 Å². The van der Waals surface area contributed by atoms with Crippen molar-refractivity contribution in [1.82, 2.24) is 0 Å². The molecule has 0 aromatic heterocycles. The number of esters is 4. The largest absolute Gasteiger partial charge is 0.513 e. The topological polar surface area (TPSA) is 159 Å². The first-order chi connectivity index (χ1) is 23.7. The Hall–Kier alpha value is -5.53. The second kappa shape index (κ2) is 16.5. The Morgan fingerprint density at radius 2 is 1.10 bits per heavy atom. The maximum Gasteiger partial charge on any atom is 0.513 e. The van der Waals surface area contributed by atoms with Gasteiger partial charge in [-0.05, 0) is 80.4 Å². The number of benzene rings is 3. The minimum absolute atomic E-state index is 0.0736. The molecule has 2 unspecified atom stereocenters. The average molecular weight is 675 g/mol. The van der Waals surface area contributed by atoms with Crippen LogP contribution in [0.1, 0.15) is 49.5 Å². The second-order valence-electron chi connectivity index (χ2n) is 11.1. The number of aryl methyl sites for hydroxylation is 1. The molecule has 3 aromatic carbocycles. The van der Waals surface area contributed by atoms with E-state index in [-0.39, 0.29) is 49.1 Å². The van der Waals surface area contributed by atoms with Gasteiger partial charge in [0.15, 0.2) is 12.2 Å². The maximum atomic E-state index is 12.9. The molecule has 0 amide bonds. The van der Waals surface area contributed by atoms with E-state index in [1.54, 1.807) is 12.1 Å². The van der Waals surface area contributed by atoms with E-state index in [9.17, 15) is 24.0 Å². The van der Waals surface area contributed by atoms with E-state index in [1.807, 2.05) is 19.1 Å². The standard InChI is InChI=1S/C36H34O13/c1-3-30(37)42-18-4-5-19-43-36(41)47-27-16-12-24(13-17-27)33(38)46-26-14-10-25(11-15-26)35(40)49-29-21-45-31-28(20-44-32(29)31)48-34(39)23-8-6-22(2)7-9-23/h3,6-17,28-29,31-32H,1,4-5,18-21H2,2H3/t28-,29-,31?,32?/m1/s1. The summed E-state index contributed by atoms with van der Waals surface area (Å²) in [7, 11) is 0. The van der Waals surface area contributed by atoms with Crippen molar-refractivity contribution in [3.8, 4) is 11.5 Å². The lowest BCUT2D eigenvalue weighted by Crippen LogP contribution is -2.36. The summed E-state index contributed by atoms with van der Waals surface area (Å²) in [5, 5.41) is 0. The number of fused-ring (bicyclic) bond motifs is 1. The van der Waals surface area contributed by atoms with Crippen LogP contribution in [0.5, 0.6) is 11.5 Å². The highest BCUT2D eigenvalue weighted by Gasteiger charge is 2.51. The molecule has 13 nitrogen and oxygen atoms in total. The summed E-state index contributed by atoms with van der Waals surface area (Å²) in [6.45, 7) is 5.67. The van der Waals surface area contributed by atoms with E-state index in [0.717, 1.165) is 11.6 Å². The molecule has 2 aliphatic heterocycles. The molecular formula is C36H34O13. The highest BCUT2D eigenvalue weighted by Crippen LogP contribution is 2.31. The summed E-state index contributed by atoms with van der Waals surface area (Å²) in [4.78, 5) is 60.9. The third-order valence-electron chi connectivity index (χ3n) is 7.53. The highest BCUT2D eigenvalue weighted by molar-refractivity contribution is 5.92. The number of ether oxygens (including phenoxy) is 8. The second-order valence-corrected chi connectivity index (χ2v) is 11.1. The van der Waals surface area contributed by atoms with Crippen LogP contribution in [0.4, 0.5) is 4.79 Å². The van der Waals surface area contributed by atoms with Crippen LogP contribution in [0.2, 0.25) is 0 Å². The zero-order valence-corrected chi connectivity index (χ0v) is 26.6. The van der Waals surface area contributed by atoms with Crippen LogP contribution in [0.3, 0.4) is 0 Å². The normalized spacial score (nSPS) is 19.2. The summed E-state index contributed by atoms with van der Waals surface area (Å²) >= 11 is 0. The van der Waals surface area contributed by atoms with Crippen LogP contribution in [-0.2, 0) is 33.2 Å². The summed E-state index contributed by atoms with van der Waals surface area (Å²) in [5.74, 6) is -1.96. The summed E-state index contributed by atoms with van der Waals surface area (Å²) in [5.41, 5.74) is 1.85. The van der Waals surface area contributed by atoms with Crippen molar-refractivity contribution < 1.29 is 61.9 Å². The predicted molar refractivity (Wildman–Crippen MR) is 169 cm³/mol. The molecule has 0 bridgehead atoms. The van der Waals surface area contributed by atoms with Crippen molar-refractivity contribution in [1.29, 1.82) is 0 Å². The molecular weight excluding hydrogens is 640 g/mol. The molecule has 49 heavy (non-hydrogen) atoms. The van der Waals surface area contributed by atoms with Crippen LogP contribution < -0.4 is 9.47 Å². The van der Waals surface area contributed by atoms with Gasteiger partial charge in [-0.3, -0.25) is 0 Å². The fourth-order valence-corrected chi connectivity index (χ4v) is 4.93. The van der Waals surface area contributed by atoms with Gasteiger partial charge < -0.3 is 37.9 Å². The zero-order chi connectivity index (χ0) is 34.8. The van der Waals surface area contributed by atoms with Crippen LogP contribution >= 0.6 is 0 Å². The lowest BCUT2D eigenvalue weighted by Gasteiger charge is -2.17. The third-order valence-corrected chi connectivity index (χ3v) is 7.53. The lowest BCUT2D eigenvalue weighted by molar-refractivity contribution is -0.137. The molecule has 2 heterocycles. The van der Waals surface area contributed by atoms with Gasteiger partial charge >= 0.3 is 30.0 Å². The van der Waals surface area contributed by atoms with Crippen LogP contribution in [0, 0.1) is 6.92 Å². The molecule has 0 aliphatic carbocycles. The molecule has 13 heteroatoms. The van der Waals surface area contributed by atoms with Crippen molar-refractivity contribution in [2.24, 2.45) is 0 Å². The van der Waals surface area contributed by atoms with Crippen molar-refractivity contribution in [2.75, 3.05) is 26.4 Å². The molecule has 0 radical (unpaired) electrons. The number of hydrogen-bond acceptors (Lipinski definition) is 13. The Labute approximate surface area is 281 Å². The highest BCUT2D eigenvalue weighted by atomic mass is 16.7. The monoisotopic (exact) mass is 674 g/mol. The molecule has 0 N–H and O–H groups in total. The van der Waals surface area contributed by atoms with Crippen LogP contribution in [-0.4, -0.2) is 80.9 Å². The number of rotatable bonds is 13. The molecule has 4 atom stereocenters. The summed E-state index contributed by atoms with van der Waals surface area (Å²) < 4.78 is 43.1. The van der Waals surface area contributed by atoms with E-state index in [4.69, 9.17) is 37.9 Å². The first kappa shape index (κ1) is 34.8. The average Bonchev–Trinajstić information content (AvgIpc) is 3.69. The minimum atomic E-state index is -0.920. The van der Waals surface area contributed by atoms with Gasteiger partial charge in [0, 0.05) is 6.08 Å². The van der Waals surface area contributed by atoms with E-state index in [0.29, 0.717) is 18.4 Å². The van der Waals surface area contributed by atoms with E-state index < -0.39 is 54.4 Å². The fourth-order valence-electron chi connectivity index (χ4n) is 4.93. The zero-order valence-electron chi connectivity index (χ0n) is 26.6. The quantitative estimate of drug-likeness (QED) is 0.0609. The molecule has 256 valence electrons. The van der Waals surface area contributed by atoms with Crippen molar-refractivity contribution >= 4 is 30.0 Å². The van der Waals surface area contributed by atoms with Crippen LogP contribution in [0.25, 0.3) is 0 Å². The molecule has 2 fully saturated rings. The SMILES string of the molecule is C=CC(=O)OCCCCOC(=O)Oc1ccc(C(=O)Oc2ccc(C(=O)O[C@@H]3COC4C3OC[C@H]4OC(=O)c3ccc(C)cc3)cc2)cc1. The first-order valence-corrected chi connectivity index (χ1v) is 15.5. The van der Waals surface area contributed by atoms with E-state index >= 15 is 0 Å². The molecule has 2 aliphatic rings. The molecule has 2 saturated heterocycles. The van der Waals surface area contributed by atoms with Crippen molar-refractivity contribution in [2.45, 2.75) is 44.2 Å². The van der Waals surface area contributed by atoms with Crippen molar-refractivity contribution in [3.63, 3.8) is 0 Å². The van der Waals surface area contributed by atoms with Gasteiger partial charge in [-0.15, -0.1) is 0 Å². The van der Waals surface area contributed by atoms with Gasteiger partial charge in [0.25, 0.3) is 0 Å². The fraction of sp³-hybridized carbons (Fsp3) is 0.306. The maximum absolute atomic E-state index is 12.9. The van der Waals surface area contributed by atoms with E-state index in [2.05, 4.69) is 6.58 Å². The summed E-state index contributed by atoms with van der Waals surface area (Å²) in [6.07, 6.45) is -1.38. The van der Waals surface area contributed by atoms with Gasteiger partial charge in [-0.1, -0.05) is 24.3 Å². The molecule has 0 spiro atoms. The Bertz CT molecular complexity index is 1650. The van der Waals surface area contributed by atoms with Crippen molar-refractivity contribution in [3.05, 3.63) is 108 Å². The first-order valence-electron chi connectivity index (χ1n) is 15.5. The number of unbranched alkanes of at least 4 members (excludes halogenated alkanes) is 1. The van der Waals surface area contributed by atoms with Gasteiger partial charge in [0.2, 0.25) is 0 Å². The lowest BCUT2D eigenvalue weighted by atomic mass is 10.1. The Morgan fingerprint density at radius 3 is 1.61 bits per heavy atom. The molecule has 5 rings (SSSR count). The van der Waals surface area contributed by atoms with Gasteiger partial charge in [-0.25, -0.2) is 24.0 Å². The minimum Gasteiger partial charge on any atom is -0.463 e. The van der Waals surface area contributed by atoms with Gasteiger partial charge in [-0.2, -0.15) is 0 Å². The predicted octanol–water partition coefficient (Wildman–Crippen LogP) is 4.79.